The minimum absolute atomic E-state index is 0.116. The van der Waals surface area contributed by atoms with Crippen LogP contribution in [0.1, 0.15) is 32.1 Å². The number of nitrogens with two attached hydrogens (primary N) is 1. The number of carbonyl (C=O) groups excluding carboxylic acids is 2. The molecule has 1 rings (SSSR count). The van der Waals surface area contributed by atoms with Crippen LogP contribution in [0, 0.1) is 0 Å². The average Bonchev–Trinajstić information content (AvgIpc) is 2.36. The molecule has 0 atom stereocenters. The summed E-state index contributed by atoms with van der Waals surface area (Å²) in [4.78, 5) is 36.3. The Kier molecular flexibility index (Phi) is 5.59. The summed E-state index contributed by atoms with van der Waals surface area (Å²) in [5.41, 5.74) is 5.04. The van der Waals surface area contributed by atoms with Crippen LogP contribution in [-0.2, 0) is 9.59 Å². The second kappa shape index (κ2) is 6.96. The van der Waals surface area contributed by atoms with E-state index in [9.17, 15) is 14.4 Å². The second-order valence-electron chi connectivity index (χ2n) is 4.90. The van der Waals surface area contributed by atoms with Gasteiger partial charge in [-0.2, -0.15) is 0 Å². The lowest BCUT2D eigenvalue weighted by Crippen LogP contribution is -2.50. The molecule has 0 aromatic heterocycles. The molecule has 0 spiro atoms. The Morgan fingerprint density at radius 3 is 2.21 bits per heavy atom. The molecule has 0 saturated heterocycles. The molecule has 0 bridgehead atoms. The molecule has 1 saturated carbocycles. The van der Waals surface area contributed by atoms with Gasteiger partial charge in [-0.15, -0.1) is 0 Å². The van der Waals surface area contributed by atoms with E-state index in [4.69, 9.17) is 10.8 Å². The summed E-state index contributed by atoms with van der Waals surface area (Å²) >= 11 is 0. The van der Waals surface area contributed by atoms with Crippen LogP contribution in [0.4, 0.5) is 4.79 Å². The zero-order valence-electron chi connectivity index (χ0n) is 11.2. The zero-order chi connectivity index (χ0) is 14.4. The third-order valence-electron chi connectivity index (χ3n) is 3.37. The highest BCUT2D eigenvalue weighted by Crippen LogP contribution is 2.22. The Hall–Kier alpha value is -1.79. The Bertz CT molecular complexity index is 337. The summed E-state index contributed by atoms with van der Waals surface area (Å²) in [7, 11) is 1.65. The summed E-state index contributed by atoms with van der Waals surface area (Å²) in [6, 6.07) is -0.335. The number of hydrogen-bond donors (Lipinski definition) is 2. The van der Waals surface area contributed by atoms with Crippen molar-refractivity contribution in [2.45, 2.75) is 38.1 Å². The summed E-state index contributed by atoms with van der Waals surface area (Å²) in [6.07, 6.45) is 5.13. The van der Waals surface area contributed by atoms with Crippen LogP contribution in [0.3, 0.4) is 0 Å². The van der Waals surface area contributed by atoms with Crippen molar-refractivity contribution < 1.29 is 19.5 Å². The summed E-state index contributed by atoms with van der Waals surface area (Å²) in [5.74, 6) is -1.88. The highest BCUT2D eigenvalue weighted by Gasteiger charge is 2.27. The normalized spacial score (nSPS) is 15.8. The van der Waals surface area contributed by atoms with E-state index in [-0.39, 0.29) is 12.6 Å². The number of urea groups is 1. The van der Waals surface area contributed by atoms with Gasteiger partial charge in [-0.1, -0.05) is 19.3 Å². The Morgan fingerprint density at radius 2 is 1.74 bits per heavy atom. The standard InChI is InChI=1S/C12H21N3O4/c1-14(9-5-3-2-4-6-9)12(19)15(7-10(13)16)8-11(17)18/h9H,2-8H2,1H3,(H2,13,16)(H,17,18). The van der Waals surface area contributed by atoms with Gasteiger partial charge in [0.2, 0.25) is 5.91 Å². The number of rotatable bonds is 5. The van der Waals surface area contributed by atoms with Crippen LogP contribution in [-0.4, -0.2) is 59.0 Å². The van der Waals surface area contributed by atoms with E-state index in [0.29, 0.717) is 0 Å². The van der Waals surface area contributed by atoms with Crippen LogP contribution in [0.25, 0.3) is 0 Å². The SMILES string of the molecule is CN(C(=O)N(CC(N)=O)CC(=O)O)C1CCCCC1. The fraction of sp³-hybridized carbons (Fsp3) is 0.750. The maximum atomic E-state index is 12.2. The summed E-state index contributed by atoms with van der Waals surface area (Å²) < 4.78 is 0. The predicted molar refractivity (Wildman–Crippen MR) is 68.4 cm³/mol. The van der Waals surface area contributed by atoms with Crippen molar-refractivity contribution in [1.82, 2.24) is 9.80 Å². The lowest BCUT2D eigenvalue weighted by atomic mass is 9.95. The second-order valence-corrected chi connectivity index (χ2v) is 4.90. The quantitative estimate of drug-likeness (QED) is 0.747. The van der Waals surface area contributed by atoms with E-state index in [1.54, 1.807) is 7.05 Å². The van der Waals surface area contributed by atoms with Gasteiger partial charge in [0.15, 0.2) is 0 Å². The molecule has 0 aromatic carbocycles. The van der Waals surface area contributed by atoms with Crippen LogP contribution < -0.4 is 5.73 Å². The minimum atomic E-state index is -1.16. The largest absolute Gasteiger partial charge is 0.480 e. The lowest BCUT2D eigenvalue weighted by Gasteiger charge is -2.34. The molecule has 0 radical (unpaired) electrons. The van der Waals surface area contributed by atoms with Crippen LogP contribution >= 0.6 is 0 Å². The number of primary amides is 1. The Labute approximate surface area is 112 Å². The van der Waals surface area contributed by atoms with Crippen molar-refractivity contribution in [3.8, 4) is 0 Å². The first-order chi connectivity index (χ1) is 8.91. The average molecular weight is 271 g/mol. The van der Waals surface area contributed by atoms with Gasteiger partial charge in [-0.3, -0.25) is 9.59 Å². The van der Waals surface area contributed by atoms with Crippen molar-refractivity contribution >= 4 is 17.9 Å². The van der Waals surface area contributed by atoms with Gasteiger partial charge in [-0.25, -0.2) is 4.79 Å². The predicted octanol–water partition coefficient (Wildman–Crippen LogP) is 0.243. The van der Waals surface area contributed by atoms with Gasteiger partial charge in [0.05, 0.1) is 0 Å². The number of carboxylic acid groups (broad SMARTS) is 1. The first-order valence-corrected chi connectivity index (χ1v) is 6.43. The summed E-state index contributed by atoms with van der Waals surface area (Å²) in [5, 5.41) is 8.77. The van der Waals surface area contributed by atoms with Crippen molar-refractivity contribution in [3.05, 3.63) is 0 Å². The molecule has 0 aromatic rings. The van der Waals surface area contributed by atoms with E-state index in [1.807, 2.05) is 0 Å². The van der Waals surface area contributed by atoms with E-state index in [0.717, 1.165) is 30.6 Å². The molecule has 3 amide bonds. The van der Waals surface area contributed by atoms with Gasteiger partial charge < -0.3 is 20.6 Å². The highest BCUT2D eigenvalue weighted by atomic mass is 16.4. The number of carbonyl (C=O) groups is 3. The molecule has 7 heteroatoms. The summed E-state index contributed by atoms with van der Waals surface area (Å²) in [6.45, 7) is -0.888. The molecule has 1 aliphatic rings. The van der Waals surface area contributed by atoms with Crippen molar-refractivity contribution in [3.63, 3.8) is 0 Å². The van der Waals surface area contributed by atoms with Crippen LogP contribution in [0.2, 0.25) is 0 Å². The number of carboxylic acids is 1. The van der Waals surface area contributed by atoms with Crippen LogP contribution in [0.15, 0.2) is 0 Å². The number of aliphatic carboxylic acids is 1. The van der Waals surface area contributed by atoms with Gasteiger partial charge in [0.1, 0.15) is 13.1 Å². The van der Waals surface area contributed by atoms with E-state index >= 15 is 0 Å². The maximum Gasteiger partial charge on any atom is 0.323 e. The van der Waals surface area contributed by atoms with Crippen molar-refractivity contribution in [2.75, 3.05) is 20.1 Å². The monoisotopic (exact) mass is 271 g/mol. The number of amides is 3. The molecule has 7 nitrogen and oxygen atoms in total. The third-order valence-corrected chi connectivity index (χ3v) is 3.37. The molecule has 0 heterocycles. The van der Waals surface area contributed by atoms with E-state index in [2.05, 4.69) is 0 Å². The first kappa shape index (κ1) is 15.3. The van der Waals surface area contributed by atoms with Gasteiger partial charge in [0, 0.05) is 13.1 Å². The molecule has 0 aliphatic heterocycles. The minimum Gasteiger partial charge on any atom is -0.480 e. The number of nitrogens with zero attached hydrogens (tertiary/aromatic N) is 2. The van der Waals surface area contributed by atoms with E-state index < -0.39 is 24.5 Å². The fourth-order valence-electron chi connectivity index (χ4n) is 2.39. The lowest BCUT2D eigenvalue weighted by molar-refractivity contribution is -0.138. The van der Waals surface area contributed by atoms with Gasteiger partial charge in [0.25, 0.3) is 0 Å². The molecular weight excluding hydrogens is 250 g/mol. The molecule has 19 heavy (non-hydrogen) atoms. The van der Waals surface area contributed by atoms with Crippen LogP contribution in [0.5, 0.6) is 0 Å². The topological polar surface area (TPSA) is 104 Å². The number of hydrogen-bond acceptors (Lipinski definition) is 3. The molecule has 0 unspecified atom stereocenters. The third kappa shape index (κ3) is 4.76. The zero-order valence-corrected chi connectivity index (χ0v) is 11.2. The molecular formula is C12H21N3O4. The van der Waals surface area contributed by atoms with Crippen molar-refractivity contribution in [2.24, 2.45) is 5.73 Å². The molecule has 1 aliphatic carbocycles. The molecule has 3 N–H and O–H groups in total. The Balaban J connectivity index is 2.67. The van der Waals surface area contributed by atoms with Gasteiger partial charge >= 0.3 is 12.0 Å². The smallest absolute Gasteiger partial charge is 0.323 e. The maximum absolute atomic E-state index is 12.2. The van der Waals surface area contributed by atoms with E-state index in [1.165, 1.54) is 11.3 Å². The molecule has 1 fully saturated rings. The Morgan fingerprint density at radius 1 is 1.16 bits per heavy atom. The highest BCUT2D eigenvalue weighted by molar-refractivity contribution is 5.86. The fourth-order valence-corrected chi connectivity index (χ4v) is 2.39. The first-order valence-electron chi connectivity index (χ1n) is 6.43. The van der Waals surface area contributed by atoms with Crippen molar-refractivity contribution in [1.29, 1.82) is 0 Å². The van der Waals surface area contributed by atoms with Gasteiger partial charge in [-0.05, 0) is 12.8 Å². The molecule has 108 valence electrons.